The van der Waals surface area contributed by atoms with E-state index in [4.69, 9.17) is 0 Å². The van der Waals surface area contributed by atoms with Crippen LogP contribution in [0.4, 0.5) is 0 Å². The lowest BCUT2D eigenvalue weighted by molar-refractivity contribution is -0.264. The first-order chi connectivity index (χ1) is 26.8. The van der Waals surface area contributed by atoms with Gasteiger partial charge in [-0.15, -0.1) is 0 Å². The molecule has 0 aromatic heterocycles. The van der Waals surface area contributed by atoms with Crippen molar-refractivity contribution in [3.8, 4) is 0 Å². The van der Waals surface area contributed by atoms with E-state index in [0.717, 1.165) is 6.42 Å². The van der Waals surface area contributed by atoms with Crippen molar-refractivity contribution in [1.29, 1.82) is 0 Å². The SMILES string of the molecule is CCCCC(C1CC(C)(C)NC(C)(C)C1)C(C1CC(C)(C)NC(C)(C)C1)(C1CC(C)(C)NC(C)(C)C1)C(C(=O)O)(C1CC(C)(C)NC(C)(C)C1)C(C(=O)O)(C(=O)O)C(=O)O. The van der Waals surface area contributed by atoms with Gasteiger partial charge in [-0.2, -0.15) is 0 Å². The Hall–Kier alpha value is -2.28. The maximum absolute atomic E-state index is 15.9. The average Bonchev–Trinajstić information content (AvgIpc) is 2.95. The minimum absolute atomic E-state index is 0.0687. The Labute approximate surface area is 362 Å². The molecule has 0 aromatic carbocycles. The molecule has 0 saturated carbocycles. The van der Waals surface area contributed by atoms with Crippen LogP contribution in [0.3, 0.4) is 0 Å². The van der Waals surface area contributed by atoms with Gasteiger partial charge in [0.1, 0.15) is 5.41 Å². The van der Waals surface area contributed by atoms with E-state index >= 15 is 4.79 Å². The first kappa shape index (κ1) is 50.4. The molecule has 4 aliphatic heterocycles. The molecule has 2 unspecified atom stereocenters. The highest BCUT2D eigenvalue weighted by Gasteiger charge is 2.85. The lowest BCUT2D eigenvalue weighted by Crippen LogP contribution is -2.80. The Kier molecular flexibility index (Phi) is 13.2. The summed E-state index contributed by atoms with van der Waals surface area (Å²) < 4.78 is 0. The lowest BCUT2D eigenvalue weighted by atomic mass is 9.31. The summed E-state index contributed by atoms with van der Waals surface area (Å²) in [6.07, 6.45) is 4.98. The maximum atomic E-state index is 15.9. The van der Waals surface area contributed by atoms with Gasteiger partial charge in [0.15, 0.2) is 0 Å². The van der Waals surface area contributed by atoms with Crippen LogP contribution in [-0.2, 0) is 19.2 Å². The number of nitrogens with one attached hydrogen (secondary N) is 4. The van der Waals surface area contributed by atoms with E-state index in [1.807, 2.05) is 27.7 Å². The van der Waals surface area contributed by atoms with E-state index in [2.05, 4.69) is 111 Å². The molecule has 4 fully saturated rings. The number of hydrogen-bond acceptors (Lipinski definition) is 8. The van der Waals surface area contributed by atoms with Crippen LogP contribution in [0.2, 0.25) is 0 Å². The normalized spacial score (nSPS) is 28.2. The number of carboxylic acid groups (broad SMARTS) is 4. The molecule has 0 amide bonds. The second-order valence-corrected chi connectivity index (χ2v) is 25.5. The third-order valence-corrected chi connectivity index (χ3v) is 15.4. The Morgan fingerprint density at radius 2 is 0.733 bits per heavy atom. The van der Waals surface area contributed by atoms with E-state index in [1.165, 1.54) is 0 Å². The lowest BCUT2D eigenvalue weighted by Gasteiger charge is -2.71. The molecule has 8 N–H and O–H groups in total. The summed E-state index contributed by atoms with van der Waals surface area (Å²) in [7, 11) is 0. The smallest absolute Gasteiger partial charge is 0.334 e. The third kappa shape index (κ3) is 9.06. The fourth-order valence-electron chi connectivity index (χ4n) is 16.1. The first-order valence-electron chi connectivity index (χ1n) is 22.9. The van der Waals surface area contributed by atoms with E-state index in [1.54, 1.807) is 0 Å². The van der Waals surface area contributed by atoms with Crippen molar-refractivity contribution in [2.45, 2.75) is 233 Å². The third-order valence-electron chi connectivity index (χ3n) is 15.4. The number of unbranched alkanes of at least 4 members (excludes halogenated alkanes) is 1. The van der Waals surface area contributed by atoms with Crippen LogP contribution >= 0.6 is 0 Å². The Balaban J connectivity index is 2.54. The van der Waals surface area contributed by atoms with Crippen molar-refractivity contribution >= 4 is 23.9 Å². The van der Waals surface area contributed by atoms with Crippen molar-refractivity contribution in [3.63, 3.8) is 0 Å². The minimum atomic E-state index is -3.77. The molecule has 0 spiro atoms. The maximum Gasteiger partial charge on any atom is 0.334 e. The van der Waals surface area contributed by atoms with Crippen molar-refractivity contribution in [1.82, 2.24) is 21.3 Å². The van der Waals surface area contributed by atoms with E-state index in [9.17, 15) is 34.8 Å². The number of rotatable bonds is 14. The largest absolute Gasteiger partial charge is 0.481 e. The van der Waals surface area contributed by atoms with Gasteiger partial charge in [-0.3, -0.25) is 19.2 Å². The molecule has 2 atom stereocenters. The summed E-state index contributed by atoms with van der Waals surface area (Å²) in [6.45, 7) is 35.3. The highest BCUT2D eigenvalue weighted by atomic mass is 16.4. The first-order valence-corrected chi connectivity index (χ1v) is 22.9. The summed E-state index contributed by atoms with van der Waals surface area (Å²) in [4.78, 5) is 60.0. The monoisotopic (exact) mass is 847 g/mol. The van der Waals surface area contributed by atoms with Gasteiger partial charge in [-0.05, 0) is 204 Å². The van der Waals surface area contributed by atoms with Crippen LogP contribution in [0.15, 0.2) is 0 Å². The summed E-state index contributed by atoms with van der Waals surface area (Å²) in [5.41, 5.74) is -13.2. The van der Waals surface area contributed by atoms with Gasteiger partial charge in [0.2, 0.25) is 0 Å². The van der Waals surface area contributed by atoms with E-state index in [-0.39, 0.29) is 18.8 Å². The van der Waals surface area contributed by atoms with Gasteiger partial charge in [-0.25, -0.2) is 0 Å². The number of piperidine rings is 4. The van der Waals surface area contributed by atoms with Gasteiger partial charge < -0.3 is 41.7 Å². The highest BCUT2D eigenvalue weighted by Crippen LogP contribution is 2.75. The molecule has 4 heterocycles. The van der Waals surface area contributed by atoms with Crippen LogP contribution in [0.1, 0.15) is 188 Å². The molecule has 60 heavy (non-hydrogen) atoms. The summed E-state index contributed by atoms with van der Waals surface area (Å²) in [6, 6.07) is 0. The summed E-state index contributed by atoms with van der Waals surface area (Å²) >= 11 is 0. The predicted octanol–water partition coefficient (Wildman–Crippen LogP) is 8.32. The van der Waals surface area contributed by atoms with Crippen LogP contribution in [-0.4, -0.2) is 88.6 Å². The topological polar surface area (TPSA) is 197 Å². The van der Waals surface area contributed by atoms with Gasteiger partial charge in [0.25, 0.3) is 5.41 Å². The second kappa shape index (κ2) is 15.8. The molecular weight excluding hydrogens is 761 g/mol. The molecule has 346 valence electrons. The molecule has 0 bridgehead atoms. The van der Waals surface area contributed by atoms with Crippen molar-refractivity contribution in [2.24, 2.45) is 45.8 Å². The zero-order valence-corrected chi connectivity index (χ0v) is 40.6. The number of carbonyl (C=O) groups is 4. The van der Waals surface area contributed by atoms with E-state index < -0.39 is 108 Å². The number of aliphatic carboxylic acids is 4. The Morgan fingerprint density at radius 1 is 0.467 bits per heavy atom. The molecule has 4 rings (SSSR count). The van der Waals surface area contributed by atoms with E-state index in [0.29, 0.717) is 51.4 Å². The molecule has 12 nitrogen and oxygen atoms in total. The highest BCUT2D eigenvalue weighted by molar-refractivity contribution is 6.20. The zero-order valence-electron chi connectivity index (χ0n) is 40.6. The summed E-state index contributed by atoms with van der Waals surface area (Å²) in [5, 5.41) is 63.7. The van der Waals surface area contributed by atoms with Gasteiger partial charge >= 0.3 is 23.9 Å². The zero-order chi connectivity index (χ0) is 46.3. The quantitative estimate of drug-likeness (QED) is 0.0780. The molecule has 12 heteroatoms. The molecule has 4 aliphatic rings. The second-order valence-electron chi connectivity index (χ2n) is 25.5. The van der Waals surface area contributed by atoms with Crippen LogP contribution < -0.4 is 21.3 Å². The standard InChI is InChI=1S/C48H86N4O8/c1-18-19-20-33(29-21-38(2,3)49-39(4,5)22-29)46(30-23-40(6,7)50-41(8,9)24-30,31-25-42(10,11)51-43(12,13)26-31)48(37(59)60,47(34(53)54,35(55)56)36(57)58)32-27-44(14,15)52-45(16,17)28-32/h29-33,49-52H,18-28H2,1-17H3,(H,53,54)(H,55,56)(H,57,58)(H,59,60). The fraction of sp³-hybridized carbons (Fsp3) is 0.917. The molecule has 4 saturated heterocycles. The Bertz CT molecular complexity index is 1520. The van der Waals surface area contributed by atoms with Gasteiger partial charge in [-0.1, -0.05) is 19.8 Å². The minimum Gasteiger partial charge on any atom is -0.481 e. The molecular formula is C48H86N4O8. The van der Waals surface area contributed by atoms with Crippen molar-refractivity contribution in [3.05, 3.63) is 0 Å². The predicted molar refractivity (Wildman–Crippen MR) is 237 cm³/mol. The van der Waals surface area contributed by atoms with Gasteiger partial charge in [0, 0.05) is 44.3 Å². The molecule has 0 radical (unpaired) electrons. The molecule has 0 aliphatic carbocycles. The van der Waals surface area contributed by atoms with Gasteiger partial charge in [0.05, 0.1) is 0 Å². The van der Waals surface area contributed by atoms with Crippen molar-refractivity contribution in [2.75, 3.05) is 0 Å². The Morgan fingerprint density at radius 3 is 0.983 bits per heavy atom. The van der Waals surface area contributed by atoms with Crippen LogP contribution in [0.25, 0.3) is 0 Å². The number of carboxylic acids is 4. The fourth-order valence-corrected chi connectivity index (χ4v) is 16.1. The average molecular weight is 847 g/mol. The summed E-state index contributed by atoms with van der Waals surface area (Å²) in [5.74, 6) is -11.1. The number of hydrogen-bond donors (Lipinski definition) is 8. The van der Waals surface area contributed by atoms with Crippen LogP contribution in [0, 0.1) is 45.8 Å². The van der Waals surface area contributed by atoms with Crippen LogP contribution in [0.5, 0.6) is 0 Å². The molecule has 0 aromatic rings. The van der Waals surface area contributed by atoms with Crippen molar-refractivity contribution < 1.29 is 39.6 Å².